The monoisotopic (exact) mass is 337 g/mol. The molecule has 9 heteroatoms. The van der Waals surface area contributed by atoms with Gasteiger partial charge < -0.3 is 24.9 Å². The molecule has 0 radical (unpaired) electrons. The average molecular weight is 337 g/mol. The minimum atomic E-state index is -0.125. The number of aromatic nitrogens is 4. The van der Waals surface area contributed by atoms with Crippen molar-refractivity contribution in [1.29, 1.82) is 0 Å². The average Bonchev–Trinajstić information content (AvgIpc) is 2.69. The van der Waals surface area contributed by atoms with Crippen LogP contribution in [0.1, 0.15) is 0 Å². The summed E-state index contributed by atoms with van der Waals surface area (Å²) >= 11 is 0. The number of methoxy groups -OCH3 is 2. The molecule has 3 rings (SSSR count). The molecule has 0 saturated heterocycles. The lowest BCUT2D eigenvalue weighted by molar-refractivity contribution is 0.347. The Bertz CT molecular complexity index is 888. The highest BCUT2D eigenvalue weighted by Gasteiger charge is 2.19. The summed E-state index contributed by atoms with van der Waals surface area (Å²) in [6.45, 7) is 0. The van der Waals surface area contributed by atoms with Crippen LogP contribution in [0.3, 0.4) is 0 Å². The van der Waals surface area contributed by atoms with E-state index in [9.17, 15) is 5.53 Å². The number of hydrogen-bond donors (Lipinski definition) is 0. The quantitative estimate of drug-likeness (QED) is 0.633. The molecule has 126 valence electrons. The van der Waals surface area contributed by atoms with Crippen LogP contribution in [-0.2, 0) is 0 Å². The van der Waals surface area contributed by atoms with Gasteiger partial charge in [0.1, 0.15) is 0 Å². The number of nitrogens with zero attached hydrogens (tertiary/aromatic N) is 6. The maximum atomic E-state index is 9.34. The first-order valence-electron chi connectivity index (χ1n) is 7.16. The smallest absolute Gasteiger partial charge is 0.263 e. The lowest BCUT2D eigenvalue weighted by Gasteiger charge is -2.15. The Labute approximate surface area is 143 Å². The van der Waals surface area contributed by atoms with E-state index in [4.69, 9.17) is 14.2 Å². The van der Waals surface area contributed by atoms with Gasteiger partial charge in [0, 0.05) is 12.4 Å². The zero-order chi connectivity index (χ0) is 17.6. The zero-order valence-corrected chi connectivity index (χ0v) is 13.4. The van der Waals surface area contributed by atoms with Crippen LogP contribution in [0.25, 0.3) is 17.2 Å². The molecule has 0 fully saturated rings. The molecule has 1 aromatic carbocycles. The number of hydrogen-bond acceptors (Lipinski definition) is 8. The molecule has 0 saturated carbocycles. The van der Waals surface area contributed by atoms with Crippen molar-refractivity contribution < 1.29 is 14.2 Å². The normalized spacial score (nSPS) is 10.2. The fraction of sp³-hybridized carbons (Fsp3) is 0.125. The molecule has 2 heterocycles. The molecule has 0 amide bonds. The van der Waals surface area contributed by atoms with Crippen molar-refractivity contribution in [1.82, 2.24) is 19.9 Å². The van der Waals surface area contributed by atoms with Crippen molar-refractivity contribution in [3.05, 3.63) is 48.3 Å². The first-order chi connectivity index (χ1) is 12.3. The van der Waals surface area contributed by atoms with Gasteiger partial charge in [-0.3, -0.25) is 0 Å². The fourth-order valence-corrected chi connectivity index (χ4v) is 2.04. The third-order valence-electron chi connectivity index (χ3n) is 3.15. The molecule has 0 aliphatic carbocycles. The Kier molecular flexibility index (Phi) is 4.74. The molecule has 0 bridgehead atoms. The highest BCUT2D eigenvalue weighted by Crippen LogP contribution is 2.41. The second-order valence-corrected chi connectivity index (χ2v) is 4.63. The van der Waals surface area contributed by atoms with Crippen LogP contribution in [0.5, 0.6) is 23.1 Å². The first-order valence-corrected chi connectivity index (χ1v) is 7.16. The van der Waals surface area contributed by atoms with Crippen LogP contribution < -0.4 is 14.2 Å². The second kappa shape index (κ2) is 7.30. The van der Waals surface area contributed by atoms with Gasteiger partial charge in [0.2, 0.25) is 11.6 Å². The predicted molar refractivity (Wildman–Crippen MR) is 88.1 cm³/mol. The molecule has 0 spiro atoms. The van der Waals surface area contributed by atoms with Gasteiger partial charge in [0.05, 0.1) is 14.2 Å². The van der Waals surface area contributed by atoms with E-state index in [0.717, 1.165) is 0 Å². The van der Waals surface area contributed by atoms with Crippen LogP contribution in [0.15, 0.2) is 47.8 Å². The van der Waals surface area contributed by atoms with Gasteiger partial charge in [-0.05, 0) is 18.2 Å². The molecule has 2 aromatic heterocycles. The van der Waals surface area contributed by atoms with Crippen LogP contribution >= 0.6 is 0 Å². The van der Waals surface area contributed by atoms with E-state index in [1.165, 1.54) is 14.2 Å². The summed E-state index contributed by atoms with van der Waals surface area (Å²) in [5.74, 6) is 1.25. The third-order valence-corrected chi connectivity index (χ3v) is 3.15. The maximum absolute atomic E-state index is 9.34. The van der Waals surface area contributed by atoms with Gasteiger partial charge in [0.25, 0.3) is 5.88 Å². The van der Waals surface area contributed by atoms with Crippen molar-refractivity contribution >= 4 is 5.82 Å². The molecule has 0 unspecified atom stereocenters. The SMILES string of the molecule is COc1ccccc1Oc1c(N=[N-])nc(-c2ncccn2)nc1OC. The Balaban J connectivity index is 2.09. The lowest BCUT2D eigenvalue weighted by atomic mass is 10.3. The van der Waals surface area contributed by atoms with Gasteiger partial charge in [-0.2, -0.15) is 4.98 Å². The van der Waals surface area contributed by atoms with E-state index in [0.29, 0.717) is 11.5 Å². The van der Waals surface area contributed by atoms with Gasteiger partial charge in [-0.25, -0.2) is 15.0 Å². The maximum Gasteiger partial charge on any atom is 0.263 e. The molecule has 9 nitrogen and oxygen atoms in total. The Morgan fingerprint density at radius 3 is 2.24 bits per heavy atom. The number of para-hydroxylation sites is 2. The summed E-state index contributed by atoms with van der Waals surface area (Å²) in [4.78, 5) is 16.5. The van der Waals surface area contributed by atoms with Crippen LogP contribution in [-0.4, -0.2) is 34.2 Å². The standard InChI is InChI=1S/C16H13N6O3/c1-23-10-6-3-4-7-11(10)25-12-13(22-17)20-15(21-16(12)24-2)14-18-8-5-9-19-14/h3-9H,1-2H3/q-1. The van der Waals surface area contributed by atoms with Crippen molar-refractivity contribution in [3.8, 4) is 34.8 Å². The number of rotatable bonds is 6. The number of ether oxygens (including phenoxy) is 3. The molecule has 0 aliphatic heterocycles. The molecular formula is C16H13N6O3-. The van der Waals surface area contributed by atoms with E-state index < -0.39 is 0 Å². The second-order valence-electron chi connectivity index (χ2n) is 4.63. The summed E-state index contributed by atoms with van der Waals surface area (Å²) in [6, 6.07) is 8.65. The zero-order valence-electron chi connectivity index (χ0n) is 13.4. The molecule has 0 N–H and O–H groups in total. The predicted octanol–water partition coefficient (Wildman–Crippen LogP) is 3.40. The molecule has 25 heavy (non-hydrogen) atoms. The van der Waals surface area contributed by atoms with Crippen LogP contribution in [0, 0.1) is 0 Å². The molecule has 0 aliphatic rings. The Morgan fingerprint density at radius 1 is 0.880 bits per heavy atom. The molecule has 0 atom stereocenters. The minimum Gasteiger partial charge on any atom is -0.705 e. The van der Waals surface area contributed by atoms with Crippen LogP contribution in [0.2, 0.25) is 0 Å². The van der Waals surface area contributed by atoms with E-state index in [1.807, 2.05) is 0 Å². The van der Waals surface area contributed by atoms with Crippen LogP contribution in [0.4, 0.5) is 5.82 Å². The Morgan fingerprint density at radius 2 is 1.60 bits per heavy atom. The minimum absolute atomic E-state index is 0.0363. The van der Waals surface area contributed by atoms with E-state index in [2.05, 4.69) is 25.1 Å². The lowest BCUT2D eigenvalue weighted by Crippen LogP contribution is -2.01. The van der Waals surface area contributed by atoms with Crippen molar-refractivity contribution in [2.75, 3.05) is 14.2 Å². The van der Waals surface area contributed by atoms with Gasteiger partial charge in [-0.1, -0.05) is 12.1 Å². The fourth-order valence-electron chi connectivity index (χ4n) is 2.04. The van der Waals surface area contributed by atoms with Crippen molar-refractivity contribution in [2.24, 2.45) is 5.11 Å². The first kappa shape index (κ1) is 16.2. The summed E-state index contributed by atoms with van der Waals surface area (Å²) in [6.07, 6.45) is 3.10. The highest BCUT2D eigenvalue weighted by atomic mass is 16.5. The van der Waals surface area contributed by atoms with E-state index in [-0.39, 0.29) is 29.1 Å². The van der Waals surface area contributed by atoms with E-state index >= 15 is 0 Å². The third kappa shape index (κ3) is 3.34. The van der Waals surface area contributed by atoms with Gasteiger partial charge >= 0.3 is 0 Å². The Hall–Kier alpha value is -3.62. The molecular weight excluding hydrogens is 324 g/mol. The summed E-state index contributed by atoms with van der Waals surface area (Å²) < 4.78 is 16.3. The molecule has 3 aromatic rings. The van der Waals surface area contributed by atoms with Gasteiger partial charge in [-0.15, -0.1) is 0 Å². The summed E-state index contributed by atoms with van der Waals surface area (Å²) in [5, 5.41) is 3.16. The summed E-state index contributed by atoms with van der Waals surface area (Å²) in [5.41, 5.74) is 9.34. The van der Waals surface area contributed by atoms with Crippen molar-refractivity contribution in [3.63, 3.8) is 0 Å². The number of benzene rings is 1. The topological polar surface area (TPSA) is 114 Å². The van der Waals surface area contributed by atoms with Crippen molar-refractivity contribution in [2.45, 2.75) is 0 Å². The summed E-state index contributed by atoms with van der Waals surface area (Å²) in [7, 11) is 2.93. The van der Waals surface area contributed by atoms with E-state index in [1.54, 1.807) is 42.7 Å². The highest BCUT2D eigenvalue weighted by molar-refractivity contribution is 5.59. The van der Waals surface area contributed by atoms with Gasteiger partial charge in [0.15, 0.2) is 23.1 Å². The largest absolute Gasteiger partial charge is 0.705 e.